The van der Waals surface area contributed by atoms with Crippen LogP contribution in [-0.2, 0) is 14.3 Å². The van der Waals surface area contributed by atoms with Gasteiger partial charge in [-0.3, -0.25) is 9.59 Å². The smallest absolute Gasteiger partial charge is 0.192 e. The number of thiol groups is 1. The molecule has 1 fully saturated rings. The van der Waals surface area contributed by atoms with E-state index in [-0.39, 0.29) is 6.29 Å². The second-order valence-electron chi connectivity index (χ2n) is 2.09. The molecule has 0 aliphatic carbocycles. The lowest BCUT2D eigenvalue weighted by Gasteiger charge is -2.10. The summed E-state index contributed by atoms with van der Waals surface area (Å²) in [5.74, 6) is -0.426. The van der Waals surface area contributed by atoms with Crippen molar-refractivity contribution in [2.24, 2.45) is 0 Å². The second-order valence-corrected chi connectivity index (χ2v) is 2.09. The molecule has 15 heavy (non-hydrogen) atoms. The topological polar surface area (TPSA) is 55.4 Å². The van der Waals surface area contributed by atoms with Crippen molar-refractivity contribution in [3.8, 4) is 0 Å². The molecule has 92 valence electrons. The summed E-state index contributed by atoms with van der Waals surface area (Å²) in [7, 11) is 0. The molecule has 0 unspecified atom stereocenters. The summed E-state index contributed by atoms with van der Waals surface area (Å²) < 4.78 is 5.01. The average Bonchev–Trinajstić information content (AvgIpc) is 2.37. The molecule has 0 bridgehead atoms. The fourth-order valence-corrected chi connectivity index (χ4v) is 0.516. The van der Waals surface area contributed by atoms with Gasteiger partial charge in [-0.2, -0.15) is 12.6 Å². The molecule has 1 saturated heterocycles. The van der Waals surface area contributed by atoms with E-state index in [1.165, 1.54) is 6.92 Å². The van der Waals surface area contributed by atoms with Crippen LogP contribution < -0.4 is 5.32 Å². The lowest BCUT2D eigenvalue weighted by molar-refractivity contribution is -0.128. The number of ether oxygens (including phenoxy) is 1. The number of aldehydes is 1. The monoisotopic (exact) mass is 237 g/mol. The van der Waals surface area contributed by atoms with E-state index < -0.39 is 5.78 Å². The van der Waals surface area contributed by atoms with Gasteiger partial charge in [0.15, 0.2) is 12.1 Å². The van der Waals surface area contributed by atoms with Gasteiger partial charge in [0.1, 0.15) is 0 Å². The van der Waals surface area contributed by atoms with Crippen molar-refractivity contribution >= 4 is 24.7 Å². The van der Waals surface area contributed by atoms with E-state index in [0.717, 1.165) is 26.3 Å². The third-order valence-corrected chi connectivity index (χ3v) is 1.01. The zero-order chi connectivity index (χ0) is 12.5. The molecule has 1 rings (SSSR count). The first-order chi connectivity index (χ1) is 7.27. The summed E-state index contributed by atoms with van der Waals surface area (Å²) in [6.45, 7) is 9.05. The Kier molecular flexibility index (Phi) is 31.4. The Morgan fingerprint density at radius 2 is 1.60 bits per heavy atom. The van der Waals surface area contributed by atoms with Crippen molar-refractivity contribution in [3.63, 3.8) is 0 Å². The first-order valence-corrected chi connectivity index (χ1v) is 5.85. The zero-order valence-corrected chi connectivity index (χ0v) is 11.0. The lowest BCUT2D eigenvalue weighted by atomic mass is 10.5. The molecule has 0 aromatic heterocycles. The normalized spacial score (nSPS) is 12.6. The van der Waals surface area contributed by atoms with Gasteiger partial charge in [-0.15, -0.1) is 0 Å². The number of rotatable bonds is 1. The summed E-state index contributed by atoms with van der Waals surface area (Å²) >= 11 is 3.53. The van der Waals surface area contributed by atoms with Crippen LogP contribution in [0.3, 0.4) is 0 Å². The van der Waals surface area contributed by atoms with Crippen molar-refractivity contribution in [1.82, 2.24) is 5.32 Å². The molecule has 0 spiro atoms. The standard InChI is InChI=1S/C4H9NO.C3H4O2.C2H6.CH4S/c1-3-6-4-2-5-1;1-3(5)2-4;2*1-2/h5H,1-4H2;2H,1H3;1-2H3;2H,1H3. The minimum Gasteiger partial charge on any atom is -0.379 e. The average molecular weight is 237 g/mol. The summed E-state index contributed by atoms with van der Waals surface area (Å²) in [5.41, 5.74) is 0. The van der Waals surface area contributed by atoms with Crippen LogP contribution in [0.4, 0.5) is 0 Å². The van der Waals surface area contributed by atoms with Crippen LogP contribution >= 0.6 is 12.6 Å². The van der Waals surface area contributed by atoms with Gasteiger partial charge in [0.05, 0.1) is 13.2 Å². The molecule has 1 heterocycles. The Morgan fingerprint density at radius 3 is 1.67 bits per heavy atom. The molecule has 0 saturated carbocycles. The molecule has 0 radical (unpaired) electrons. The maximum absolute atomic E-state index is 9.44. The van der Waals surface area contributed by atoms with E-state index in [1.54, 1.807) is 6.26 Å². The number of hydrogen-bond donors (Lipinski definition) is 2. The number of carbonyl (C=O) groups excluding carboxylic acids is 2. The largest absolute Gasteiger partial charge is 0.379 e. The Hall–Kier alpha value is -0.390. The molecule has 1 N–H and O–H groups in total. The Bertz CT molecular complexity index is 116. The highest BCUT2D eigenvalue weighted by molar-refractivity contribution is 7.79. The van der Waals surface area contributed by atoms with Gasteiger partial charge in [0.25, 0.3) is 0 Å². The Morgan fingerprint density at radius 1 is 1.27 bits per heavy atom. The zero-order valence-electron chi connectivity index (χ0n) is 10.1. The molecule has 1 aliphatic heterocycles. The highest BCUT2D eigenvalue weighted by atomic mass is 32.1. The van der Waals surface area contributed by atoms with Crippen LogP contribution in [0.5, 0.6) is 0 Å². The molecule has 0 aromatic carbocycles. The summed E-state index contributed by atoms with van der Waals surface area (Å²) in [5, 5.41) is 3.16. The van der Waals surface area contributed by atoms with Crippen molar-refractivity contribution in [1.29, 1.82) is 0 Å². The van der Waals surface area contributed by atoms with E-state index >= 15 is 0 Å². The van der Waals surface area contributed by atoms with Gasteiger partial charge >= 0.3 is 0 Å². The number of nitrogens with one attached hydrogen (secondary N) is 1. The van der Waals surface area contributed by atoms with Gasteiger partial charge in [-0.1, -0.05) is 13.8 Å². The predicted octanol–water partition coefficient (Wildman–Crippen LogP) is 0.953. The maximum Gasteiger partial charge on any atom is 0.192 e. The van der Waals surface area contributed by atoms with Crippen LogP contribution in [-0.4, -0.2) is 44.6 Å². The fourth-order valence-electron chi connectivity index (χ4n) is 0.516. The SMILES string of the molecule is C1COCCN1.CC.CC(=O)C=O.CS. The van der Waals surface area contributed by atoms with E-state index in [0.29, 0.717) is 0 Å². The summed E-state index contributed by atoms with van der Waals surface area (Å²) in [4.78, 5) is 18.6. The number of morpholine rings is 1. The van der Waals surface area contributed by atoms with Gasteiger partial charge in [0.2, 0.25) is 0 Å². The first-order valence-electron chi connectivity index (χ1n) is 4.96. The maximum atomic E-state index is 9.44. The summed E-state index contributed by atoms with van der Waals surface area (Å²) in [6.07, 6.45) is 1.97. The van der Waals surface area contributed by atoms with Crippen molar-refractivity contribution in [3.05, 3.63) is 0 Å². The quantitative estimate of drug-likeness (QED) is 0.405. The molecular weight excluding hydrogens is 214 g/mol. The lowest BCUT2D eigenvalue weighted by Crippen LogP contribution is -2.30. The highest BCUT2D eigenvalue weighted by Crippen LogP contribution is 1.76. The third-order valence-electron chi connectivity index (χ3n) is 1.01. The third kappa shape index (κ3) is 31.7. The first kappa shape index (κ1) is 20.1. The number of hydrogen-bond acceptors (Lipinski definition) is 5. The minimum atomic E-state index is -0.426. The Labute approximate surface area is 98.2 Å². The van der Waals surface area contributed by atoms with E-state index in [9.17, 15) is 4.79 Å². The molecular formula is C10H23NO3S. The molecule has 0 amide bonds. The second kappa shape index (κ2) is 23.4. The number of carbonyl (C=O) groups is 2. The number of Topliss-reactive ketones (excluding diaryl/α,β-unsaturated/α-hetero) is 1. The van der Waals surface area contributed by atoms with Crippen molar-refractivity contribution in [2.45, 2.75) is 20.8 Å². The van der Waals surface area contributed by atoms with E-state index in [2.05, 4.69) is 17.9 Å². The Balaban J connectivity index is -0.000000146. The molecule has 0 atom stereocenters. The number of ketones is 1. The van der Waals surface area contributed by atoms with Crippen LogP contribution in [0, 0.1) is 0 Å². The fraction of sp³-hybridized carbons (Fsp3) is 0.800. The minimum absolute atomic E-state index is 0.278. The highest BCUT2D eigenvalue weighted by Gasteiger charge is 1.92. The summed E-state index contributed by atoms with van der Waals surface area (Å²) in [6, 6.07) is 0. The van der Waals surface area contributed by atoms with Gasteiger partial charge < -0.3 is 10.1 Å². The van der Waals surface area contributed by atoms with Crippen LogP contribution in [0.1, 0.15) is 20.8 Å². The van der Waals surface area contributed by atoms with Crippen molar-refractivity contribution in [2.75, 3.05) is 32.6 Å². The molecule has 5 heteroatoms. The molecule has 1 aliphatic rings. The molecule has 0 aromatic rings. The van der Waals surface area contributed by atoms with Gasteiger partial charge in [0, 0.05) is 20.0 Å². The van der Waals surface area contributed by atoms with Gasteiger partial charge in [-0.25, -0.2) is 0 Å². The predicted molar refractivity (Wildman–Crippen MR) is 66.7 cm³/mol. The van der Waals surface area contributed by atoms with E-state index in [1.807, 2.05) is 13.8 Å². The van der Waals surface area contributed by atoms with Gasteiger partial charge in [-0.05, 0) is 6.26 Å². The van der Waals surface area contributed by atoms with E-state index in [4.69, 9.17) is 9.53 Å². The van der Waals surface area contributed by atoms with Crippen molar-refractivity contribution < 1.29 is 14.3 Å². The van der Waals surface area contributed by atoms with Crippen LogP contribution in [0.15, 0.2) is 0 Å². The van der Waals surface area contributed by atoms with Crippen LogP contribution in [0.2, 0.25) is 0 Å². The molecule has 4 nitrogen and oxygen atoms in total. The van der Waals surface area contributed by atoms with Crippen LogP contribution in [0.25, 0.3) is 0 Å².